The average Bonchev–Trinajstić information content (AvgIpc) is 2.75. The number of carbonyl (C=O) groups is 2. The number of ether oxygens (including phenoxy) is 2. The minimum absolute atomic E-state index is 0.408. The molecule has 0 atom stereocenters. The molecule has 0 amide bonds. The van der Waals surface area contributed by atoms with Gasteiger partial charge in [-0.05, 0) is 12.8 Å². The zero-order valence-corrected chi connectivity index (χ0v) is 19.9. The summed E-state index contributed by atoms with van der Waals surface area (Å²) < 4.78 is 10.1. The maximum Gasteiger partial charge on any atom is 0.331 e. The average molecular weight is 425 g/mol. The predicted molar refractivity (Wildman–Crippen MR) is 126 cm³/mol. The largest absolute Gasteiger partial charge is 0.463 e. The van der Waals surface area contributed by atoms with Crippen molar-refractivity contribution in [2.24, 2.45) is 0 Å². The van der Waals surface area contributed by atoms with Crippen molar-refractivity contribution in [2.75, 3.05) is 13.2 Å². The summed E-state index contributed by atoms with van der Waals surface area (Å²) in [6.07, 6.45) is 25.0. The van der Waals surface area contributed by atoms with Gasteiger partial charge in [-0.25, -0.2) is 9.59 Å². The van der Waals surface area contributed by atoms with E-state index in [2.05, 4.69) is 13.8 Å². The van der Waals surface area contributed by atoms with Crippen LogP contribution in [0.25, 0.3) is 0 Å². The lowest BCUT2D eigenvalue weighted by molar-refractivity contribution is -0.140. The Balaban J connectivity index is 3.30. The van der Waals surface area contributed by atoms with Crippen LogP contribution in [0.2, 0.25) is 0 Å². The molecule has 0 saturated carbocycles. The van der Waals surface area contributed by atoms with Gasteiger partial charge in [0.25, 0.3) is 0 Å². The summed E-state index contributed by atoms with van der Waals surface area (Å²) in [6, 6.07) is 0. The number of unbranched alkanes of at least 4 members (excludes halogenated alkanes) is 16. The van der Waals surface area contributed by atoms with Crippen LogP contribution in [0.5, 0.6) is 0 Å². The van der Waals surface area contributed by atoms with Crippen LogP contribution in [0.3, 0.4) is 0 Å². The van der Waals surface area contributed by atoms with E-state index in [-0.39, 0.29) is 0 Å². The molecule has 0 aliphatic heterocycles. The van der Waals surface area contributed by atoms with Crippen molar-refractivity contribution in [1.82, 2.24) is 0 Å². The summed E-state index contributed by atoms with van der Waals surface area (Å²) in [7, 11) is 0. The van der Waals surface area contributed by atoms with Gasteiger partial charge in [0.1, 0.15) is 0 Å². The third kappa shape index (κ3) is 23.0. The van der Waals surface area contributed by atoms with Gasteiger partial charge in [-0.3, -0.25) is 0 Å². The molecule has 0 bridgehead atoms. The molecule has 0 rings (SSSR count). The first kappa shape index (κ1) is 28.7. The molecule has 0 aliphatic rings. The SMILES string of the molecule is CCCCCCCCCCCCCCCCCOC(=O)/C=C/C(=O)OCCCCC. The van der Waals surface area contributed by atoms with E-state index in [9.17, 15) is 9.59 Å². The molecule has 4 nitrogen and oxygen atoms in total. The van der Waals surface area contributed by atoms with Crippen LogP contribution in [-0.2, 0) is 19.1 Å². The first-order valence-corrected chi connectivity index (χ1v) is 12.7. The standard InChI is InChI=1S/C26H48O4/c1-3-5-7-8-9-10-11-12-13-14-15-16-17-18-20-24-30-26(28)22-21-25(27)29-23-19-6-4-2/h21-22H,3-20,23-24H2,1-2H3/b22-21+. The molecule has 30 heavy (non-hydrogen) atoms. The summed E-state index contributed by atoms with van der Waals surface area (Å²) in [5, 5.41) is 0. The zero-order valence-electron chi connectivity index (χ0n) is 19.9. The molecular weight excluding hydrogens is 376 g/mol. The predicted octanol–water partition coefficient (Wildman–Crippen LogP) is 7.69. The van der Waals surface area contributed by atoms with Crippen LogP contribution in [0.1, 0.15) is 129 Å². The van der Waals surface area contributed by atoms with Gasteiger partial charge in [-0.2, -0.15) is 0 Å². The van der Waals surface area contributed by atoms with Crippen LogP contribution in [0, 0.1) is 0 Å². The molecule has 0 aromatic heterocycles. The number of carbonyl (C=O) groups excluding carboxylic acids is 2. The van der Waals surface area contributed by atoms with E-state index in [0.29, 0.717) is 13.2 Å². The molecule has 4 heteroatoms. The lowest BCUT2D eigenvalue weighted by atomic mass is 10.0. The molecule has 0 heterocycles. The van der Waals surface area contributed by atoms with Gasteiger partial charge < -0.3 is 9.47 Å². The lowest BCUT2D eigenvalue weighted by Crippen LogP contribution is -2.06. The summed E-state index contributed by atoms with van der Waals surface area (Å²) in [5.41, 5.74) is 0. The maximum atomic E-state index is 11.6. The second-order valence-corrected chi connectivity index (χ2v) is 8.33. The maximum absolute atomic E-state index is 11.6. The van der Waals surface area contributed by atoms with Crippen molar-refractivity contribution in [2.45, 2.75) is 129 Å². The van der Waals surface area contributed by atoms with Crippen LogP contribution < -0.4 is 0 Å². The Morgan fingerprint density at radius 3 is 1.10 bits per heavy atom. The lowest BCUT2D eigenvalue weighted by Gasteiger charge is -2.04. The number of rotatable bonds is 22. The van der Waals surface area contributed by atoms with Crippen molar-refractivity contribution < 1.29 is 19.1 Å². The third-order valence-electron chi connectivity index (χ3n) is 5.34. The molecule has 0 unspecified atom stereocenters. The topological polar surface area (TPSA) is 52.6 Å². The molecular formula is C26H48O4. The summed E-state index contributed by atoms with van der Waals surface area (Å²) in [4.78, 5) is 23.0. The molecule has 0 aliphatic carbocycles. The quantitative estimate of drug-likeness (QED) is 0.101. The third-order valence-corrected chi connectivity index (χ3v) is 5.34. The molecule has 0 radical (unpaired) electrons. The van der Waals surface area contributed by atoms with E-state index < -0.39 is 11.9 Å². The minimum Gasteiger partial charge on any atom is -0.463 e. The number of esters is 2. The summed E-state index contributed by atoms with van der Waals surface area (Å²) in [5.74, 6) is -0.944. The van der Waals surface area contributed by atoms with Gasteiger partial charge in [0.2, 0.25) is 0 Å². The molecule has 176 valence electrons. The first-order valence-electron chi connectivity index (χ1n) is 12.7. The van der Waals surface area contributed by atoms with E-state index in [1.54, 1.807) is 0 Å². The molecule has 0 spiro atoms. The summed E-state index contributed by atoms with van der Waals surface area (Å²) >= 11 is 0. The van der Waals surface area contributed by atoms with E-state index in [0.717, 1.165) is 44.3 Å². The van der Waals surface area contributed by atoms with E-state index in [1.807, 2.05) is 0 Å². The van der Waals surface area contributed by atoms with Gasteiger partial charge in [-0.1, -0.05) is 117 Å². The summed E-state index contributed by atoms with van der Waals surface area (Å²) in [6.45, 7) is 5.19. The second kappa shape index (κ2) is 24.0. The fraction of sp³-hybridized carbons (Fsp3) is 0.846. The van der Waals surface area contributed by atoms with Crippen LogP contribution >= 0.6 is 0 Å². The Labute approximate surface area is 186 Å². The van der Waals surface area contributed by atoms with Gasteiger partial charge >= 0.3 is 11.9 Å². The highest BCUT2D eigenvalue weighted by atomic mass is 16.5. The Bertz CT molecular complexity index is 417. The molecule has 0 saturated heterocycles. The Morgan fingerprint density at radius 1 is 0.467 bits per heavy atom. The van der Waals surface area contributed by atoms with Crippen molar-refractivity contribution in [3.05, 3.63) is 12.2 Å². The highest BCUT2D eigenvalue weighted by molar-refractivity contribution is 5.91. The van der Waals surface area contributed by atoms with Crippen molar-refractivity contribution in [1.29, 1.82) is 0 Å². The highest BCUT2D eigenvalue weighted by Gasteiger charge is 2.01. The van der Waals surface area contributed by atoms with Gasteiger partial charge in [0, 0.05) is 12.2 Å². The molecule has 0 aromatic rings. The first-order chi connectivity index (χ1) is 14.7. The van der Waals surface area contributed by atoms with Crippen LogP contribution in [0.4, 0.5) is 0 Å². The van der Waals surface area contributed by atoms with E-state index in [4.69, 9.17) is 9.47 Å². The van der Waals surface area contributed by atoms with Crippen molar-refractivity contribution in [3.63, 3.8) is 0 Å². The zero-order chi connectivity index (χ0) is 22.1. The fourth-order valence-corrected chi connectivity index (χ4v) is 3.40. The van der Waals surface area contributed by atoms with Crippen molar-refractivity contribution >= 4 is 11.9 Å². The normalized spacial score (nSPS) is 11.1. The Kier molecular flexibility index (Phi) is 22.9. The fourth-order valence-electron chi connectivity index (χ4n) is 3.40. The minimum atomic E-state index is -0.477. The van der Waals surface area contributed by atoms with Crippen LogP contribution in [0.15, 0.2) is 12.2 Å². The Morgan fingerprint density at radius 2 is 0.733 bits per heavy atom. The molecule has 0 aromatic carbocycles. The number of hydrogen-bond donors (Lipinski definition) is 0. The number of hydrogen-bond acceptors (Lipinski definition) is 4. The second-order valence-electron chi connectivity index (χ2n) is 8.33. The molecule has 0 fully saturated rings. The monoisotopic (exact) mass is 424 g/mol. The van der Waals surface area contributed by atoms with E-state index in [1.165, 1.54) is 83.5 Å². The van der Waals surface area contributed by atoms with E-state index >= 15 is 0 Å². The van der Waals surface area contributed by atoms with Gasteiger partial charge in [0.05, 0.1) is 13.2 Å². The molecule has 0 N–H and O–H groups in total. The van der Waals surface area contributed by atoms with Gasteiger partial charge in [0.15, 0.2) is 0 Å². The highest BCUT2D eigenvalue weighted by Crippen LogP contribution is 2.13. The smallest absolute Gasteiger partial charge is 0.331 e. The van der Waals surface area contributed by atoms with Crippen LogP contribution in [-0.4, -0.2) is 25.2 Å². The Hall–Kier alpha value is -1.32. The van der Waals surface area contributed by atoms with Gasteiger partial charge in [-0.15, -0.1) is 0 Å². The van der Waals surface area contributed by atoms with Crippen molar-refractivity contribution in [3.8, 4) is 0 Å².